The average molecular weight is 221 g/mol. The summed E-state index contributed by atoms with van der Waals surface area (Å²) >= 11 is 0. The molecule has 0 spiro atoms. The van der Waals surface area contributed by atoms with Crippen molar-refractivity contribution in [3.8, 4) is 5.75 Å². The molecule has 1 N–H and O–H groups in total. The topological polar surface area (TPSA) is 38.3 Å². The minimum absolute atomic E-state index is 0.0381. The highest BCUT2D eigenvalue weighted by atomic mass is 16.5. The van der Waals surface area contributed by atoms with Gasteiger partial charge in [-0.1, -0.05) is 13.8 Å². The van der Waals surface area contributed by atoms with E-state index in [1.807, 2.05) is 6.92 Å². The molecule has 1 amide bonds. The Bertz CT molecular complexity index is 343. The molecular weight excluding hydrogens is 202 g/mol. The van der Waals surface area contributed by atoms with Gasteiger partial charge in [0.15, 0.2) is 0 Å². The van der Waals surface area contributed by atoms with Crippen molar-refractivity contribution in [3.05, 3.63) is 29.8 Å². The maximum atomic E-state index is 11.8. The SMILES string of the molecule is COc1ccc(C(=O)NC(C)C(C)C)cc1. The predicted octanol–water partition coefficient (Wildman–Crippen LogP) is 2.47. The molecule has 0 fully saturated rings. The van der Waals surface area contributed by atoms with Crippen LogP contribution in [0, 0.1) is 5.92 Å². The quantitative estimate of drug-likeness (QED) is 0.848. The monoisotopic (exact) mass is 221 g/mol. The zero-order valence-corrected chi connectivity index (χ0v) is 10.3. The van der Waals surface area contributed by atoms with E-state index in [0.717, 1.165) is 5.75 Å². The van der Waals surface area contributed by atoms with E-state index in [4.69, 9.17) is 4.74 Å². The fourth-order valence-electron chi connectivity index (χ4n) is 1.20. The van der Waals surface area contributed by atoms with Gasteiger partial charge in [0, 0.05) is 11.6 Å². The Morgan fingerprint density at radius 3 is 2.19 bits per heavy atom. The van der Waals surface area contributed by atoms with Gasteiger partial charge in [0.2, 0.25) is 0 Å². The standard InChI is InChI=1S/C13H19NO2/c1-9(2)10(3)14-13(15)11-5-7-12(16-4)8-6-11/h5-10H,1-4H3,(H,14,15). The van der Waals surface area contributed by atoms with Gasteiger partial charge in [-0.2, -0.15) is 0 Å². The van der Waals surface area contributed by atoms with Crippen LogP contribution in [0.3, 0.4) is 0 Å². The molecule has 0 aliphatic carbocycles. The van der Waals surface area contributed by atoms with Gasteiger partial charge in [-0.15, -0.1) is 0 Å². The van der Waals surface area contributed by atoms with E-state index in [-0.39, 0.29) is 11.9 Å². The molecule has 0 radical (unpaired) electrons. The number of ether oxygens (including phenoxy) is 1. The third-order valence-corrected chi connectivity index (χ3v) is 2.71. The van der Waals surface area contributed by atoms with Crippen LogP contribution in [0.15, 0.2) is 24.3 Å². The molecule has 1 rings (SSSR count). The number of carbonyl (C=O) groups is 1. The molecule has 0 saturated heterocycles. The summed E-state index contributed by atoms with van der Waals surface area (Å²) in [7, 11) is 1.61. The molecular formula is C13H19NO2. The predicted molar refractivity (Wildman–Crippen MR) is 64.8 cm³/mol. The Balaban J connectivity index is 2.66. The van der Waals surface area contributed by atoms with Crippen LogP contribution < -0.4 is 10.1 Å². The fraction of sp³-hybridized carbons (Fsp3) is 0.462. The van der Waals surface area contributed by atoms with Crippen molar-refractivity contribution in [1.82, 2.24) is 5.32 Å². The second-order valence-electron chi connectivity index (χ2n) is 4.23. The van der Waals surface area contributed by atoms with E-state index in [9.17, 15) is 4.79 Å². The molecule has 0 heterocycles. The van der Waals surface area contributed by atoms with Gasteiger partial charge in [0.05, 0.1) is 7.11 Å². The van der Waals surface area contributed by atoms with Crippen molar-refractivity contribution in [3.63, 3.8) is 0 Å². The van der Waals surface area contributed by atoms with E-state index in [0.29, 0.717) is 11.5 Å². The normalized spacial score (nSPS) is 12.3. The van der Waals surface area contributed by atoms with Gasteiger partial charge in [-0.05, 0) is 37.1 Å². The van der Waals surface area contributed by atoms with Gasteiger partial charge >= 0.3 is 0 Å². The van der Waals surface area contributed by atoms with Crippen molar-refractivity contribution >= 4 is 5.91 Å². The molecule has 0 aromatic heterocycles. The summed E-state index contributed by atoms with van der Waals surface area (Å²) in [6.45, 7) is 6.17. The lowest BCUT2D eigenvalue weighted by Crippen LogP contribution is -2.36. The van der Waals surface area contributed by atoms with Gasteiger partial charge in [0.1, 0.15) is 5.75 Å². The molecule has 88 valence electrons. The number of methoxy groups -OCH3 is 1. The third-order valence-electron chi connectivity index (χ3n) is 2.71. The number of amides is 1. The molecule has 0 aliphatic rings. The Labute approximate surface area is 96.8 Å². The first-order valence-electron chi connectivity index (χ1n) is 5.49. The largest absolute Gasteiger partial charge is 0.497 e. The molecule has 16 heavy (non-hydrogen) atoms. The summed E-state index contributed by atoms with van der Waals surface area (Å²) in [5, 5.41) is 2.95. The summed E-state index contributed by atoms with van der Waals surface area (Å²) < 4.78 is 5.04. The molecule has 0 saturated carbocycles. The number of benzene rings is 1. The lowest BCUT2D eigenvalue weighted by Gasteiger charge is -2.17. The molecule has 1 atom stereocenters. The van der Waals surface area contributed by atoms with E-state index in [2.05, 4.69) is 19.2 Å². The minimum Gasteiger partial charge on any atom is -0.497 e. The van der Waals surface area contributed by atoms with Crippen LogP contribution in [-0.2, 0) is 0 Å². The summed E-state index contributed by atoms with van der Waals surface area (Å²) in [5.41, 5.74) is 0.660. The van der Waals surface area contributed by atoms with Crippen LogP contribution >= 0.6 is 0 Å². The van der Waals surface area contributed by atoms with E-state index in [1.54, 1.807) is 31.4 Å². The van der Waals surface area contributed by atoms with E-state index >= 15 is 0 Å². The van der Waals surface area contributed by atoms with Gasteiger partial charge in [0.25, 0.3) is 5.91 Å². The Hall–Kier alpha value is -1.51. The summed E-state index contributed by atoms with van der Waals surface area (Å²) in [6.07, 6.45) is 0. The highest BCUT2D eigenvalue weighted by Gasteiger charge is 2.12. The van der Waals surface area contributed by atoms with Crippen molar-refractivity contribution in [2.24, 2.45) is 5.92 Å². The van der Waals surface area contributed by atoms with Crippen molar-refractivity contribution in [2.45, 2.75) is 26.8 Å². The zero-order valence-electron chi connectivity index (χ0n) is 10.3. The zero-order chi connectivity index (χ0) is 12.1. The number of hydrogen-bond acceptors (Lipinski definition) is 2. The second-order valence-corrected chi connectivity index (χ2v) is 4.23. The van der Waals surface area contributed by atoms with Crippen molar-refractivity contribution in [2.75, 3.05) is 7.11 Å². The Morgan fingerprint density at radius 1 is 1.19 bits per heavy atom. The van der Waals surface area contributed by atoms with Crippen molar-refractivity contribution in [1.29, 1.82) is 0 Å². The minimum atomic E-state index is -0.0381. The molecule has 3 heteroatoms. The van der Waals surface area contributed by atoms with E-state index in [1.165, 1.54) is 0 Å². The highest BCUT2D eigenvalue weighted by Crippen LogP contribution is 2.11. The summed E-state index contributed by atoms with van der Waals surface area (Å²) in [6, 6.07) is 7.28. The molecule has 0 aliphatic heterocycles. The molecule has 1 unspecified atom stereocenters. The first-order valence-corrected chi connectivity index (χ1v) is 5.49. The lowest BCUT2D eigenvalue weighted by molar-refractivity contribution is 0.0930. The first-order chi connectivity index (χ1) is 7.54. The molecule has 3 nitrogen and oxygen atoms in total. The average Bonchev–Trinajstić information content (AvgIpc) is 2.28. The first kappa shape index (κ1) is 12.6. The maximum absolute atomic E-state index is 11.8. The van der Waals surface area contributed by atoms with Crippen LogP contribution in [0.25, 0.3) is 0 Å². The van der Waals surface area contributed by atoms with Crippen LogP contribution in [-0.4, -0.2) is 19.1 Å². The second kappa shape index (κ2) is 5.54. The number of hydrogen-bond donors (Lipinski definition) is 1. The van der Waals surface area contributed by atoms with Gasteiger partial charge in [-0.25, -0.2) is 0 Å². The molecule has 1 aromatic rings. The van der Waals surface area contributed by atoms with Crippen LogP contribution in [0.1, 0.15) is 31.1 Å². The fourth-order valence-corrected chi connectivity index (χ4v) is 1.20. The molecule has 0 bridgehead atoms. The molecule has 1 aromatic carbocycles. The van der Waals surface area contributed by atoms with Crippen LogP contribution in [0.4, 0.5) is 0 Å². The van der Waals surface area contributed by atoms with Crippen LogP contribution in [0.2, 0.25) is 0 Å². The smallest absolute Gasteiger partial charge is 0.251 e. The number of rotatable bonds is 4. The summed E-state index contributed by atoms with van der Waals surface area (Å²) in [4.78, 5) is 11.8. The van der Waals surface area contributed by atoms with Crippen LogP contribution in [0.5, 0.6) is 5.75 Å². The Morgan fingerprint density at radius 2 is 1.75 bits per heavy atom. The Kier molecular flexibility index (Phi) is 4.35. The van der Waals surface area contributed by atoms with Crippen molar-refractivity contribution < 1.29 is 9.53 Å². The van der Waals surface area contributed by atoms with E-state index < -0.39 is 0 Å². The van der Waals surface area contributed by atoms with Gasteiger partial charge < -0.3 is 10.1 Å². The number of carbonyl (C=O) groups excluding carboxylic acids is 1. The van der Waals surface area contributed by atoms with Gasteiger partial charge in [-0.3, -0.25) is 4.79 Å². The lowest BCUT2D eigenvalue weighted by atomic mass is 10.1. The maximum Gasteiger partial charge on any atom is 0.251 e. The highest BCUT2D eigenvalue weighted by molar-refractivity contribution is 5.94. The summed E-state index contributed by atoms with van der Waals surface area (Å²) in [5.74, 6) is 1.15. The third kappa shape index (κ3) is 3.26. The number of nitrogens with one attached hydrogen (secondary N) is 1.